The summed E-state index contributed by atoms with van der Waals surface area (Å²) in [6.45, 7) is 8.59. The first-order chi connectivity index (χ1) is 15.7. The van der Waals surface area contributed by atoms with Crippen LogP contribution in [0.3, 0.4) is 0 Å². The number of carbonyl (C=O) groups is 2. The maximum atomic E-state index is 13.0. The Morgan fingerprint density at radius 2 is 1.88 bits per heavy atom. The van der Waals surface area contributed by atoms with E-state index in [1.165, 1.54) is 12.0 Å². The molecule has 0 saturated heterocycles. The summed E-state index contributed by atoms with van der Waals surface area (Å²) in [5.74, 6) is 0.597. The summed E-state index contributed by atoms with van der Waals surface area (Å²) < 4.78 is 2.09. The number of rotatable bonds is 11. The van der Waals surface area contributed by atoms with E-state index >= 15 is 0 Å². The third-order valence-electron chi connectivity index (χ3n) is 7.25. The average molecular weight is 452 g/mol. The minimum absolute atomic E-state index is 0.0603. The van der Waals surface area contributed by atoms with Gasteiger partial charge in [0.15, 0.2) is 0 Å². The van der Waals surface area contributed by atoms with Gasteiger partial charge in [0, 0.05) is 24.7 Å². The van der Waals surface area contributed by atoms with Crippen LogP contribution in [0.15, 0.2) is 18.2 Å². The van der Waals surface area contributed by atoms with E-state index in [1.807, 2.05) is 26.0 Å². The van der Waals surface area contributed by atoms with Gasteiger partial charge in [-0.25, -0.2) is 4.68 Å². The van der Waals surface area contributed by atoms with Crippen LogP contribution in [0.25, 0.3) is 0 Å². The van der Waals surface area contributed by atoms with Gasteiger partial charge < -0.3 is 5.11 Å². The summed E-state index contributed by atoms with van der Waals surface area (Å²) in [5, 5.41) is 18.6. The molecule has 1 N–H and O–H groups in total. The first-order valence-electron chi connectivity index (χ1n) is 12.5. The van der Waals surface area contributed by atoms with Crippen molar-refractivity contribution in [2.45, 2.75) is 96.9 Å². The lowest BCUT2D eigenvalue weighted by atomic mass is 9.75. The third-order valence-corrected chi connectivity index (χ3v) is 7.25. The number of nitrogens with zero attached hydrogens (tertiary/aromatic N) is 3. The number of carboxylic acids is 1. The lowest BCUT2D eigenvalue weighted by Crippen LogP contribution is -2.29. The maximum Gasteiger partial charge on any atom is 0.304 e. The number of Topliss-reactive ketones (excluding diaryl/α,β-unsaturated/α-hetero) is 1. The second-order valence-electron chi connectivity index (χ2n) is 10.8. The van der Waals surface area contributed by atoms with Crippen LogP contribution in [0.1, 0.15) is 105 Å². The lowest BCUT2D eigenvalue weighted by molar-refractivity contribution is -0.137. The van der Waals surface area contributed by atoms with Gasteiger partial charge in [-0.05, 0) is 68.9 Å². The number of benzene rings is 1. The fraction of sp³-hybridized carbons (Fsp3) is 0.630. The Bertz CT molecular complexity index is 1020. The molecule has 1 aromatic heterocycles. The molecule has 0 spiro atoms. The monoisotopic (exact) mass is 451 g/mol. The van der Waals surface area contributed by atoms with E-state index in [-0.39, 0.29) is 18.6 Å². The Kier molecular flexibility index (Phi) is 7.01. The minimum Gasteiger partial charge on any atom is -0.481 e. The van der Waals surface area contributed by atoms with Gasteiger partial charge in [0.25, 0.3) is 0 Å². The number of hydrogen-bond donors (Lipinski definition) is 1. The molecule has 1 atom stereocenters. The molecule has 2 saturated carbocycles. The Morgan fingerprint density at radius 1 is 1.15 bits per heavy atom. The molecular weight excluding hydrogens is 414 g/mol. The highest BCUT2D eigenvalue weighted by Crippen LogP contribution is 2.48. The van der Waals surface area contributed by atoms with Crippen molar-refractivity contribution in [2.75, 3.05) is 0 Å². The van der Waals surface area contributed by atoms with Crippen LogP contribution in [0.5, 0.6) is 0 Å². The van der Waals surface area contributed by atoms with Crippen LogP contribution in [-0.4, -0.2) is 31.9 Å². The molecule has 0 aliphatic heterocycles. The molecule has 0 amide bonds. The Hall–Kier alpha value is -2.50. The highest BCUT2D eigenvalue weighted by Gasteiger charge is 2.40. The number of carboxylic acid groups (broad SMARTS) is 1. The van der Waals surface area contributed by atoms with E-state index in [1.54, 1.807) is 0 Å². The van der Waals surface area contributed by atoms with E-state index in [0.29, 0.717) is 24.3 Å². The van der Waals surface area contributed by atoms with Gasteiger partial charge >= 0.3 is 5.97 Å². The van der Waals surface area contributed by atoms with Crippen molar-refractivity contribution in [1.29, 1.82) is 0 Å². The molecule has 2 fully saturated rings. The Labute approximate surface area is 196 Å². The lowest BCUT2D eigenvalue weighted by Gasteiger charge is -2.37. The number of aliphatic carboxylic acids is 1. The van der Waals surface area contributed by atoms with Crippen molar-refractivity contribution in [3.8, 4) is 0 Å². The van der Waals surface area contributed by atoms with Crippen LogP contribution in [0, 0.1) is 25.7 Å². The highest BCUT2D eigenvalue weighted by molar-refractivity contribution is 5.83. The standard InChI is InChI=1S/C27H37N3O3/c1-16(2)9-19-11-23(12-19)30-27(20-7-8-20)26(28-29-30)22(15-25(32)33)14-24(31)13-21-6-5-17(3)10-18(21)4/h5-6,10,16,19-20,22-23H,7-9,11-15H2,1-4H3,(H,32,33)/t19?,22-,23?/m0/s1. The number of carbonyl (C=O) groups excluding carboxylic acids is 1. The Balaban J connectivity index is 1.52. The summed E-state index contributed by atoms with van der Waals surface area (Å²) in [6, 6.07) is 6.47. The summed E-state index contributed by atoms with van der Waals surface area (Å²) in [5.41, 5.74) is 5.14. The van der Waals surface area contributed by atoms with Crippen molar-refractivity contribution in [1.82, 2.24) is 15.0 Å². The van der Waals surface area contributed by atoms with E-state index < -0.39 is 11.9 Å². The van der Waals surface area contributed by atoms with Crippen LogP contribution < -0.4 is 0 Å². The van der Waals surface area contributed by atoms with E-state index in [4.69, 9.17) is 0 Å². The fourth-order valence-electron chi connectivity index (χ4n) is 5.47. The first-order valence-corrected chi connectivity index (χ1v) is 12.5. The molecule has 2 aliphatic carbocycles. The van der Waals surface area contributed by atoms with Gasteiger partial charge in [-0.2, -0.15) is 0 Å². The molecule has 0 bridgehead atoms. The zero-order valence-electron chi connectivity index (χ0n) is 20.4. The third kappa shape index (κ3) is 5.71. The quantitative estimate of drug-likeness (QED) is 0.485. The van der Waals surface area contributed by atoms with Crippen molar-refractivity contribution >= 4 is 11.8 Å². The number of hydrogen-bond acceptors (Lipinski definition) is 4. The molecule has 4 rings (SSSR count). The molecule has 0 radical (unpaired) electrons. The summed E-state index contributed by atoms with van der Waals surface area (Å²) in [4.78, 5) is 24.7. The molecule has 2 aliphatic rings. The van der Waals surface area contributed by atoms with E-state index in [9.17, 15) is 14.7 Å². The zero-order valence-corrected chi connectivity index (χ0v) is 20.4. The van der Waals surface area contributed by atoms with E-state index in [0.717, 1.165) is 54.1 Å². The van der Waals surface area contributed by atoms with Gasteiger partial charge in [-0.3, -0.25) is 9.59 Å². The van der Waals surface area contributed by atoms with Crippen molar-refractivity contribution in [3.63, 3.8) is 0 Å². The second kappa shape index (κ2) is 9.78. The molecule has 6 nitrogen and oxygen atoms in total. The Morgan fingerprint density at radius 3 is 2.48 bits per heavy atom. The van der Waals surface area contributed by atoms with Crippen LogP contribution in [-0.2, 0) is 16.0 Å². The van der Waals surface area contributed by atoms with Gasteiger partial charge in [0.2, 0.25) is 0 Å². The van der Waals surface area contributed by atoms with Crippen molar-refractivity contribution in [2.24, 2.45) is 11.8 Å². The van der Waals surface area contributed by atoms with Crippen LogP contribution in [0.2, 0.25) is 0 Å². The normalized spacial score (nSPS) is 21.1. The highest BCUT2D eigenvalue weighted by atomic mass is 16.4. The van der Waals surface area contributed by atoms with Crippen LogP contribution in [0.4, 0.5) is 0 Å². The molecule has 178 valence electrons. The molecule has 33 heavy (non-hydrogen) atoms. The molecule has 1 heterocycles. The number of aryl methyl sites for hydroxylation is 2. The predicted octanol–water partition coefficient (Wildman–Crippen LogP) is 5.53. The van der Waals surface area contributed by atoms with Crippen LogP contribution >= 0.6 is 0 Å². The van der Waals surface area contributed by atoms with Crippen molar-refractivity contribution < 1.29 is 14.7 Å². The predicted molar refractivity (Wildman–Crippen MR) is 127 cm³/mol. The number of aromatic nitrogens is 3. The maximum absolute atomic E-state index is 13.0. The van der Waals surface area contributed by atoms with Gasteiger partial charge in [0.05, 0.1) is 23.9 Å². The second-order valence-corrected chi connectivity index (χ2v) is 10.8. The topological polar surface area (TPSA) is 85.1 Å². The minimum atomic E-state index is -0.892. The van der Waals surface area contributed by atoms with Gasteiger partial charge in [0.1, 0.15) is 5.78 Å². The summed E-state index contributed by atoms with van der Waals surface area (Å²) >= 11 is 0. The molecule has 2 aromatic rings. The molecular formula is C27H37N3O3. The average Bonchev–Trinajstić information content (AvgIpc) is 3.44. The van der Waals surface area contributed by atoms with Gasteiger partial charge in [-0.1, -0.05) is 42.8 Å². The summed E-state index contributed by atoms with van der Waals surface area (Å²) in [7, 11) is 0. The zero-order chi connectivity index (χ0) is 23.7. The largest absolute Gasteiger partial charge is 0.481 e. The van der Waals surface area contributed by atoms with Gasteiger partial charge in [-0.15, -0.1) is 5.10 Å². The summed E-state index contributed by atoms with van der Waals surface area (Å²) in [6.07, 6.45) is 6.11. The smallest absolute Gasteiger partial charge is 0.304 e. The molecule has 6 heteroatoms. The SMILES string of the molecule is Cc1ccc(CC(=O)C[C@@H](CC(=O)O)c2nnn(C3CC(CC(C)C)C3)c2C2CC2)c(C)c1. The van der Waals surface area contributed by atoms with Crippen molar-refractivity contribution in [3.05, 3.63) is 46.3 Å². The molecule has 1 aromatic carbocycles. The van der Waals surface area contributed by atoms with E-state index in [2.05, 4.69) is 34.9 Å². The molecule has 0 unspecified atom stereocenters. The first kappa shape index (κ1) is 23.7. The number of ketones is 1. The fourth-order valence-corrected chi connectivity index (χ4v) is 5.47.